The van der Waals surface area contributed by atoms with E-state index in [1.54, 1.807) is 0 Å². The third-order valence-corrected chi connectivity index (χ3v) is 6.83. The highest BCUT2D eigenvalue weighted by Gasteiger charge is 2.34. The summed E-state index contributed by atoms with van der Waals surface area (Å²) in [7, 11) is 0. The monoisotopic (exact) mass is 557 g/mol. The molecule has 8 heteroatoms. The van der Waals surface area contributed by atoms with Crippen molar-refractivity contribution in [3.8, 4) is 0 Å². The number of fused-ring (bicyclic) bond motifs is 1. The van der Waals surface area contributed by atoms with E-state index >= 15 is 0 Å². The molecule has 194 valence electrons. The summed E-state index contributed by atoms with van der Waals surface area (Å²) in [6, 6.07) is 13.9. The zero-order chi connectivity index (χ0) is 25.5. The van der Waals surface area contributed by atoms with Crippen molar-refractivity contribution in [1.82, 2.24) is 10.6 Å². The molecule has 0 aromatic heterocycles. The predicted molar refractivity (Wildman–Crippen MR) is 157 cm³/mol. The second-order valence-corrected chi connectivity index (χ2v) is 11.7. The Morgan fingerprint density at radius 3 is 2.03 bits per heavy atom. The van der Waals surface area contributed by atoms with Gasteiger partial charge in [0.25, 0.3) is 0 Å². The first-order valence-electron chi connectivity index (χ1n) is 12.7. The Kier molecular flexibility index (Phi) is 14.1. The van der Waals surface area contributed by atoms with Crippen LogP contribution in [0.2, 0.25) is 0 Å². The number of carbonyl (C=O) groups is 1. The number of halogens is 3. The van der Waals surface area contributed by atoms with Gasteiger partial charge in [0, 0.05) is 17.5 Å². The highest BCUT2D eigenvalue weighted by Crippen LogP contribution is 2.29. The van der Waals surface area contributed by atoms with Crippen molar-refractivity contribution < 1.29 is 4.79 Å². The lowest BCUT2D eigenvalue weighted by molar-refractivity contribution is -0.122. The van der Waals surface area contributed by atoms with Crippen LogP contribution in [-0.2, 0) is 4.79 Å². The summed E-state index contributed by atoms with van der Waals surface area (Å²) in [6.07, 6.45) is 12.9. The molecule has 4 nitrogen and oxygen atoms in total. The SMILES string of the molecule is CCCCCCCCCCCCCC(=O)N[C@H](NC(=S)Nc1cccc2ccccc12)C(Cl)(Cl)Cl. The molecule has 1 atom stereocenters. The average molecular weight is 559 g/mol. The van der Waals surface area contributed by atoms with E-state index in [-0.39, 0.29) is 11.0 Å². The molecule has 0 unspecified atom stereocenters. The topological polar surface area (TPSA) is 53.2 Å². The van der Waals surface area contributed by atoms with Crippen molar-refractivity contribution in [3.05, 3.63) is 42.5 Å². The first kappa shape index (κ1) is 30.0. The largest absolute Gasteiger partial charge is 0.339 e. The number of alkyl halides is 3. The van der Waals surface area contributed by atoms with Gasteiger partial charge >= 0.3 is 0 Å². The van der Waals surface area contributed by atoms with Crippen LogP contribution >= 0.6 is 47.0 Å². The van der Waals surface area contributed by atoms with Crippen LogP contribution < -0.4 is 16.0 Å². The molecule has 0 aliphatic rings. The molecule has 0 bridgehead atoms. The molecular formula is C27H38Cl3N3OS. The summed E-state index contributed by atoms with van der Waals surface area (Å²) >= 11 is 23.8. The van der Waals surface area contributed by atoms with Gasteiger partial charge in [0.2, 0.25) is 9.70 Å². The number of amides is 1. The standard InChI is InChI=1S/C27H38Cl3N3OS/c1-2-3-4-5-6-7-8-9-10-11-12-20-24(34)32-25(27(28,29)30)33-26(35)31-23-19-15-17-21-16-13-14-18-22(21)23/h13-19,25H,2-12,20H2,1H3,(H,32,34)(H2,31,33,35)/t25-/m1/s1. The van der Waals surface area contributed by atoms with Crippen molar-refractivity contribution >= 4 is 74.5 Å². The first-order chi connectivity index (χ1) is 16.8. The van der Waals surface area contributed by atoms with Gasteiger partial charge in [0.05, 0.1) is 0 Å². The number of hydrogen-bond acceptors (Lipinski definition) is 2. The van der Waals surface area contributed by atoms with Gasteiger partial charge in [-0.05, 0) is 30.1 Å². The van der Waals surface area contributed by atoms with E-state index in [0.29, 0.717) is 6.42 Å². The normalized spacial score (nSPS) is 12.3. The fraction of sp³-hybridized carbons (Fsp3) is 0.556. The molecule has 0 aliphatic carbocycles. The fourth-order valence-electron chi connectivity index (χ4n) is 4.01. The summed E-state index contributed by atoms with van der Waals surface area (Å²) in [6.45, 7) is 2.24. The Bertz CT molecular complexity index is 915. The van der Waals surface area contributed by atoms with Gasteiger partial charge in [-0.15, -0.1) is 0 Å². The Hall–Kier alpha value is -1.27. The highest BCUT2D eigenvalue weighted by atomic mass is 35.6. The van der Waals surface area contributed by atoms with Gasteiger partial charge in [-0.2, -0.15) is 0 Å². The average Bonchev–Trinajstić information content (AvgIpc) is 2.82. The summed E-state index contributed by atoms with van der Waals surface area (Å²) in [4.78, 5) is 12.5. The Balaban J connectivity index is 1.71. The number of anilines is 1. The summed E-state index contributed by atoms with van der Waals surface area (Å²) in [5.41, 5.74) is 0.830. The second kappa shape index (κ2) is 16.5. The quantitative estimate of drug-likeness (QED) is 0.0886. The third kappa shape index (κ3) is 12.0. The Morgan fingerprint density at radius 2 is 1.40 bits per heavy atom. The number of unbranched alkanes of at least 4 members (excludes halogenated alkanes) is 10. The van der Waals surface area contributed by atoms with Crippen LogP contribution in [0.15, 0.2) is 42.5 Å². The Morgan fingerprint density at radius 1 is 0.829 bits per heavy atom. The number of hydrogen-bond donors (Lipinski definition) is 3. The lowest BCUT2D eigenvalue weighted by Gasteiger charge is -2.28. The molecule has 0 saturated carbocycles. The highest BCUT2D eigenvalue weighted by molar-refractivity contribution is 7.80. The molecule has 2 rings (SSSR count). The molecule has 2 aromatic rings. The van der Waals surface area contributed by atoms with Crippen molar-refractivity contribution in [3.63, 3.8) is 0 Å². The molecule has 1 amide bonds. The molecule has 2 aromatic carbocycles. The third-order valence-electron chi connectivity index (χ3n) is 5.95. The van der Waals surface area contributed by atoms with E-state index in [2.05, 4.69) is 22.9 Å². The predicted octanol–water partition coefficient (Wildman–Crippen LogP) is 8.64. The van der Waals surface area contributed by atoms with Crippen molar-refractivity contribution in [2.75, 3.05) is 5.32 Å². The maximum absolute atomic E-state index is 12.5. The molecule has 0 saturated heterocycles. The van der Waals surface area contributed by atoms with Gasteiger partial charge in [0.1, 0.15) is 6.17 Å². The maximum atomic E-state index is 12.5. The number of nitrogens with one attached hydrogen (secondary N) is 3. The molecular weight excluding hydrogens is 521 g/mol. The second-order valence-electron chi connectivity index (χ2n) is 8.95. The molecule has 35 heavy (non-hydrogen) atoms. The van der Waals surface area contributed by atoms with Gasteiger partial charge in [-0.3, -0.25) is 4.79 Å². The van der Waals surface area contributed by atoms with Gasteiger partial charge in [-0.25, -0.2) is 0 Å². The number of benzene rings is 2. The maximum Gasteiger partial charge on any atom is 0.228 e. The lowest BCUT2D eigenvalue weighted by atomic mass is 10.1. The van der Waals surface area contributed by atoms with Crippen LogP contribution in [-0.4, -0.2) is 21.0 Å². The van der Waals surface area contributed by atoms with Crippen LogP contribution in [0, 0.1) is 0 Å². The number of thiocarbonyl (C=S) groups is 1. The van der Waals surface area contributed by atoms with Crippen LogP contribution in [0.4, 0.5) is 5.69 Å². The molecule has 0 heterocycles. The first-order valence-corrected chi connectivity index (χ1v) is 14.3. The van der Waals surface area contributed by atoms with Gasteiger partial charge in [-0.1, -0.05) is 142 Å². The van der Waals surface area contributed by atoms with E-state index in [0.717, 1.165) is 35.7 Å². The molecule has 0 aliphatic heterocycles. The fourth-order valence-corrected chi connectivity index (χ4v) is 4.56. The molecule has 0 radical (unpaired) electrons. The van der Waals surface area contributed by atoms with Crippen LogP contribution in [0.3, 0.4) is 0 Å². The van der Waals surface area contributed by atoms with Crippen molar-refractivity contribution in [2.24, 2.45) is 0 Å². The summed E-state index contributed by atoms with van der Waals surface area (Å²) in [5.74, 6) is -0.169. The van der Waals surface area contributed by atoms with E-state index in [4.69, 9.17) is 47.0 Å². The van der Waals surface area contributed by atoms with E-state index < -0.39 is 9.96 Å². The minimum atomic E-state index is -1.77. The molecule has 0 spiro atoms. The number of rotatable bonds is 15. The van der Waals surface area contributed by atoms with Crippen molar-refractivity contribution in [2.45, 2.75) is 93.9 Å². The van der Waals surface area contributed by atoms with Crippen LogP contribution in [0.5, 0.6) is 0 Å². The molecule has 0 fully saturated rings. The van der Waals surface area contributed by atoms with E-state index in [1.165, 1.54) is 51.4 Å². The Labute approximate surface area is 230 Å². The molecule has 3 N–H and O–H groups in total. The van der Waals surface area contributed by atoms with Gasteiger partial charge < -0.3 is 16.0 Å². The smallest absolute Gasteiger partial charge is 0.228 e. The zero-order valence-electron chi connectivity index (χ0n) is 20.6. The minimum Gasteiger partial charge on any atom is -0.339 e. The van der Waals surface area contributed by atoms with Gasteiger partial charge in [0.15, 0.2) is 5.11 Å². The van der Waals surface area contributed by atoms with E-state index in [1.807, 2.05) is 42.5 Å². The van der Waals surface area contributed by atoms with Crippen molar-refractivity contribution in [1.29, 1.82) is 0 Å². The van der Waals surface area contributed by atoms with E-state index in [9.17, 15) is 4.79 Å². The number of carbonyl (C=O) groups excluding carboxylic acids is 1. The van der Waals surface area contributed by atoms with Crippen LogP contribution in [0.1, 0.15) is 84.0 Å². The van der Waals surface area contributed by atoms with Crippen LogP contribution in [0.25, 0.3) is 10.8 Å². The zero-order valence-corrected chi connectivity index (χ0v) is 23.6. The minimum absolute atomic E-state index is 0.169. The summed E-state index contributed by atoms with van der Waals surface area (Å²) < 4.78 is -1.77. The lowest BCUT2D eigenvalue weighted by Crippen LogP contribution is -2.56. The summed E-state index contributed by atoms with van der Waals surface area (Å²) in [5, 5.41) is 11.2.